The van der Waals surface area contributed by atoms with Crippen LogP contribution in [0.5, 0.6) is 0 Å². The van der Waals surface area contributed by atoms with Crippen LogP contribution in [-0.2, 0) is 0 Å². The molecule has 4 nitrogen and oxygen atoms in total. The van der Waals surface area contributed by atoms with Crippen molar-refractivity contribution >= 4 is 23.0 Å². The minimum atomic E-state index is -1.00. The molecule has 0 heterocycles. The van der Waals surface area contributed by atoms with Gasteiger partial charge in [-0.1, -0.05) is 18.2 Å². The molecule has 2 aromatic carbocycles. The summed E-state index contributed by atoms with van der Waals surface area (Å²) >= 11 is 0. The first-order valence-electron chi connectivity index (χ1n) is 6.92. The first-order chi connectivity index (χ1) is 9.95. The zero-order valence-electron chi connectivity index (χ0n) is 12.6. The molecule has 0 unspecified atom stereocenters. The Morgan fingerprint density at radius 1 is 1.19 bits per heavy atom. The Labute approximate surface area is 124 Å². The van der Waals surface area contributed by atoms with Gasteiger partial charge in [0.05, 0.1) is 5.56 Å². The Hall–Kier alpha value is -2.49. The lowest BCUT2D eigenvalue weighted by Crippen LogP contribution is -2.18. The molecule has 4 heteroatoms. The second-order valence-electron chi connectivity index (χ2n) is 5.06. The van der Waals surface area contributed by atoms with Gasteiger partial charge in [0, 0.05) is 23.6 Å². The molecule has 0 aliphatic rings. The van der Waals surface area contributed by atoms with E-state index in [9.17, 15) is 9.90 Å². The van der Waals surface area contributed by atoms with E-state index < -0.39 is 5.97 Å². The number of hydrogen-bond donors (Lipinski definition) is 2. The maximum Gasteiger partial charge on any atom is 0.337 e. The Morgan fingerprint density at radius 3 is 2.43 bits per heavy atom. The highest BCUT2D eigenvalue weighted by atomic mass is 16.4. The van der Waals surface area contributed by atoms with Crippen LogP contribution < -0.4 is 10.6 Å². The number of carbonyl (C=O) groups is 1. The highest BCUT2D eigenvalue weighted by Crippen LogP contribution is 2.32. The van der Waals surface area contributed by atoms with E-state index in [2.05, 4.69) is 4.90 Å². The van der Waals surface area contributed by atoms with Crippen LogP contribution in [0.3, 0.4) is 0 Å². The highest BCUT2D eigenvalue weighted by Gasteiger charge is 2.16. The van der Waals surface area contributed by atoms with E-state index in [1.54, 1.807) is 6.07 Å². The highest BCUT2D eigenvalue weighted by molar-refractivity contribution is 5.96. The van der Waals surface area contributed by atoms with E-state index in [1.165, 1.54) is 0 Å². The van der Waals surface area contributed by atoms with Crippen LogP contribution >= 0.6 is 0 Å². The van der Waals surface area contributed by atoms with Crippen LogP contribution in [0.1, 0.15) is 28.4 Å². The topological polar surface area (TPSA) is 66.6 Å². The Kier molecular flexibility index (Phi) is 4.17. The fourth-order valence-electron chi connectivity index (χ4n) is 2.47. The van der Waals surface area contributed by atoms with Gasteiger partial charge in [-0.15, -0.1) is 0 Å². The molecular weight excluding hydrogens is 264 g/mol. The van der Waals surface area contributed by atoms with Crippen molar-refractivity contribution in [2.75, 3.05) is 17.2 Å². The number of para-hydroxylation sites is 1. The number of anilines is 3. The average molecular weight is 284 g/mol. The molecule has 0 aliphatic carbocycles. The SMILES string of the molecule is CCN(c1cc(C)c(N)c(C(=O)O)c1)c1ccccc1C. The van der Waals surface area contributed by atoms with Crippen molar-refractivity contribution in [1.82, 2.24) is 0 Å². The van der Waals surface area contributed by atoms with E-state index in [-0.39, 0.29) is 5.56 Å². The van der Waals surface area contributed by atoms with E-state index in [0.29, 0.717) is 5.69 Å². The second-order valence-corrected chi connectivity index (χ2v) is 5.06. The number of carboxylic acid groups (broad SMARTS) is 1. The van der Waals surface area contributed by atoms with E-state index in [4.69, 9.17) is 5.73 Å². The number of rotatable bonds is 4. The van der Waals surface area contributed by atoms with Crippen molar-refractivity contribution in [2.45, 2.75) is 20.8 Å². The number of nitrogen functional groups attached to an aromatic ring is 1. The van der Waals surface area contributed by atoms with Crippen LogP contribution in [0.25, 0.3) is 0 Å². The molecule has 21 heavy (non-hydrogen) atoms. The minimum absolute atomic E-state index is 0.150. The lowest BCUT2D eigenvalue weighted by molar-refractivity contribution is 0.0698. The van der Waals surface area contributed by atoms with Gasteiger partial charge in [-0.2, -0.15) is 0 Å². The zero-order valence-corrected chi connectivity index (χ0v) is 12.6. The summed E-state index contributed by atoms with van der Waals surface area (Å²) < 4.78 is 0. The summed E-state index contributed by atoms with van der Waals surface area (Å²) in [5.41, 5.74) is 10.2. The van der Waals surface area contributed by atoms with Gasteiger partial charge >= 0.3 is 5.97 Å². The van der Waals surface area contributed by atoms with Crippen molar-refractivity contribution in [1.29, 1.82) is 0 Å². The molecule has 0 fully saturated rings. The van der Waals surface area contributed by atoms with Crippen molar-refractivity contribution in [3.63, 3.8) is 0 Å². The van der Waals surface area contributed by atoms with Crippen LogP contribution in [0.4, 0.5) is 17.1 Å². The first kappa shape index (κ1) is 14.9. The molecule has 0 aliphatic heterocycles. The van der Waals surface area contributed by atoms with Crippen molar-refractivity contribution in [3.05, 3.63) is 53.1 Å². The average Bonchev–Trinajstić information content (AvgIpc) is 2.45. The third-order valence-electron chi connectivity index (χ3n) is 3.64. The number of aryl methyl sites for hydroxylation is 2. The molecule has 0 amide bonds. The largest absolute Gasteiger partial charge is 0.478 e. The summed E-state index contributed by atoms with van der Waals surface area (Å²) in [6, 6.07) is 11.6. The molecule has 0 atom stereocenters. The quantitative estimate of drug-likeness (QED) is 0.839. The second kappa shape index (κ2) is 5.87. The van der Waals surface area contributed by atoms with Gasteiger partial charge in [-0.25, -0.2) is 4.79 Å². The first-order valence-corrected chi connectivity index (χ1v) is 6.92. The van der Waals surface area contributed by atoms with Crippen LogP contribution in [-0.4, -0.2) is 17.6 Å². The van der Waals surface area contributed by atoms with E-state index in [1.807, 2.05) is 51.1 Å². The molecule has 0 saturated heterocycles. The van der Waals surface area contributed by atoms with Crippen molar-refractivity contribution < 1.29 is 9.90 Å². The van der Waals surface area contributed by atoms with Gasteiger partial charge in [0.25, 0.3) is 0 Å². The molecule has 2 rings (SSSR count). The van der Waals surface area contributed by atoms with E-state index in [0.717, 1.165) is 29.0 Å². The predicted molar refractivity (Wildman–Crippen MR) is 86.4 cm³/mol. The molecular formula is C17H20N2O2. The summed E-state index contributed by atoms with van der Waals surface area (Å²) in [5, 5.41) is 9.30. The maximum atomic E-state index is 11.3. The van der Waals surface area contributed by atoms with Gasteiger partial charge in [-0.3, -0.25) is 0 Å². The van der Waals surface area contributed by atoms with Crippen LogP contribution in [0, 0.1) is 13.8 Å². The third-order valence-corrected chi connectivity index (χ3v) is 3.64. The third kappa shape index (κ3) is 2.84. The number of benzene rings is 2. The van der Waals surface area contributed by atoms with Gasteiger partial charge in [0.2, 0.25) is 0 Å². The predicted octanol–water partition coefficient (Wildman–Crippen LogP) is 3.74. The van der Waals surface area contributed by atoms with E-state index >= 15 is 0 Å². The monoisotopic (exact) mass is 284 g/mol. The number of nitrogens with zero attached hydrogens (tertiary/aromatic N) is 1. The smallest absolute Gasteiger partial charge is 0.337 e. The fourth-order valence-corrected chi connectivity index (χ4v) is 2.47. The molecule has 0 aromatic heterocycles. The molecule has 2 aromatic rings. The lowest BCUT2D eigenvalue weighted by Gasteiger charge is -2.26. The molecule has 0 saturated carbocycles. The summed E-state index contributed by atoms with van der Waals surface area (Å²) in [7, 11) is 0. The summed E-state index contributed by atoms with van der Waals surface area (Å²) in [5.74, 6) is -1.00. The lowest BCUT2D eigenvalue weighted by atomic mass is 10.1. The summed E-state index contributed by atoms with van der Waals surface area (Å²) in [6.45, 7) is 6.66. The number of aromatic carboxylic acids is 1. The number of hydrogen-bond acceptors (Lipinski definition) is 3. The Balaban J connectivity index is 2.58. The molecule has 0 spiro atoms. The summed E-state index contributed by atoms with van der Waals surface area (Å²) in [4.78, 5) is 13.4. The summed E-state index contributed by atoms with van der Waals surface area (Å²) in [6.07, 6.45) is 0. The zero-order chi connectivity index (χ0) is 15.6. The van der Waals surface area contributed by atoms with Crippen LogP contribution in [0.15, 0.2) is 36.4 Å². The fraction of sp³-hybridized carbons (Fsp3) is 0.235. The number of carboxylic acids is 1. The minimum Gasteiger partial charge on any atom is -0.478 e. The van der Waals surface area contributed by atoms with Crippen LogP contribution in [0.2, 0.25) is 0 Å². The van der Waals surface area contributed by atoms with Crippen molar-refractivity contribution in [3.8, 4) is 0 Å². The Morgan fingerprint density at radius 2 is 1.86 bits per heavy atom. The molecule has 110 valence electrons. The molecule has 0 bridgehead atoms. The molecule has 0 radical (unpaired) electrons. The van der Waals surface area contributed by atoms with Gasteiger partial charge in [-0.05, 0) is 50.1 Å². The standard InChI is InChI=1S/C17H20N2O2/c1-4-19(15-8-6-5-7-11(15)2)13-9-12(3)16(18)14(10-13)17(20)21/h5-10H,4,18H2,1-3H3,(H,20,21). The normalized spacial score (nSPS) is 10.4. The van der Waals surface area contributed by atoms with Gasteiger partial charge in [0.1, 0.15) is 0 Å². The van der Waals surface area contributed by atoms with Crippen molar-refractivity contribution in [2.24, 2.45) is 0 Å². The van der Waals surface area contributed by atoms with Gasteiger partial charge < -0.3 is 15.7 Å². The van der Waals surface area contributed by atoms with Gasteiger partial charge in [0.15, 0.2) is 0 Å². The maximum absolute atomic E-state index is 11.3. The number of nitrogens with two attached hydrogens (primary N) is 1. The Bertz CT molecular complexity index is 680. The molecule has 3 N–H and O–H groups in total.